The Balaban J connectivity index is 2.72. The zero-order valence-corrected chi connectivity index (χ0v) is 10.4. The van der Waals surface area contributed by atoms with Crippen LogP contribution in [0.5, 0.6) is 0 Å². The Labute approximate surface area is 107 Å². The number of carbonyl (C=O) groups excluding carboxylic acids is 1. The largest absolute Gasteiger partial charge is 0.415 e. The second-order valence-electron chi connectivity index (χ2n) is 4.47. The van der Waals surface area contributed by atoms with Gasteiger partial charge in [-0.05, 0) is 31.0 Å². The van der Waals surface area contributed by atoms with Crippen LogP contribution in [0, 0.1) is 12.7 Å². The molecule has 1 unspecified atom stereocenters. The summed E-state index contributed by atoms with van der Waals surface area (Å²) >= 11 is 0. The van der Waals surface area contributed by atoms with E-state index in [0.29, 0.717) is 18.1 Å². The SMILES string of the molecule is Cc1ccc(CNC(=O)C(C)(N)C(F)(F)F)cc1F. The summed E-state index contributed by atoms with van der Waals surface area (Å²) in [6, 6.07) is 4.14. The summed E-state index contributed by atoms with van der Waals surface area (Å²) in [6.45, 7) is 1.91. The van der Waals surface area contributed by atoms with Crippen LogP contribution in [0.4, 0.5) is 17.6 Å². The molecule has 3 nitrogen and oxygen atoms in total. The maximum absolute atomic E-state index is 13.2. The van der Waals surface area contributed by atoms with Gasteiger partial charge in [-0.1, -0.05) is 12.1 Å². The summed E-state index contributed by atoms with van der Waals surface area (Å²) in [6.07, 6.45) is -4.85. The molecule has 0 aliphatic rings. The van der Waals surface area contributed by atoms with Crippen LogP contribution in [-0.2, 0) is 11.3 Å². The Morgan fingerprint density at radius 2 is 1.95 bits per heavy atom. The highest BCUT2D eigenvalue weighted by Gasteiger charge is 2.53. The van der Waals surface area contributed by atoms with Gasteiger partial charge in [0.25, 0.3) is 0 Å². The van der Waals surface area contributed by atoms with Crippen molar-refractivity contribution in [3.63, 3.8) is 0 Å². The van der Waals surface area contributed by atoms with E-state index >= 15 is 0 Å². The molecule has 0 spiro atoms. The van der Waals surface area contributed by atoms with Gasteiger partial charge in [-0.3, -0.25) is 4.79 Å². The number of amides is 1. The molecule has 106 valence electrons. The molecule has 19 heavy (non-hydrogen) atoms. The van der Waals surface area contributed by atoms with Crippen molar-refractivity contribution in [3.05, 3.63) is 35.1 Å². The molecule has 0 aliphatic carbocycles. The number of rotatable bonds is 3. The zero-order valence-electron chi connectivity index (χ0n) is 10.4. The van der Waals surface area contributed by atoms with Gasteiger partial charge in [0, 0.05) is 6.54 Å². The minimum atomic E-state index is -4.85. The molecule has 0 aliphatic heterocycles. The van der Waals surface area contributed by atoms with Crippen molar-refractivity contribution in [2.45, 2.75) is 32.1 Å². The fraction of sp³-hybridized carbons (Fsp3) is 0.417. The molecule has 1 atom stereocenters. The third kappa shape index (κ3) is 3.44. The van der Waals surface area contributed by atoms with Crippen LogP contribution < -0.4 is 11.1 Å². The quantitative estimate of drug-likeness (QED) is 0.831. The van der Waals surface area contributed by atoms with Gasteiger partial charge in [0.2, 0.25) is 5.91 Å². The van der Waals surface area contributed by atoms with E-state index in [1.165, 1.54) is 12.1 Å². The summed E-state index contributed by atoms with van der Waals surface area (Å²) in [5, 5.41) is 2.04. The average Bonchev–Trinajstić information content (AvgIpc) is 2.28. The van der Waals surface area contributed by atoms with Crippen LogP contribution in [0.25, 0.3) is 0 Å². The number of alkyl halides is 3. The molecule has 0 saturated heterocycles. The molecule has 1 aromatic rings. The highest BCUT2D eigenvalue weighted by Crippen LogP contribution is 2.28. The molecule has 0 bridgehead atoms. The molecule has 0 heterocycles. The number of nitrogens with two attached hydrogens (primary N) is 1. The molecule has 7 heteroatoms. The van der Waals surface area contributed by atoms with Gasteiger partial charge in [0.15, 0.2) is 5.54 Å². The number of benzene rings is 1. The van der Waals surface area contributed by atoms with Crippen LogP contribution in [0.2, 0.25) is 0 Å². The zero-order chi connectivity index (χ0) is 14.8. The van der Waals surface area contributed by atoms with Crippen molar-refractivity contribution in [2.75, 3.05) is 0 Å². The van der Waals surface area contributed by atoms with E-state index in [1.54, 1.807) is 6.92 Å². The van der Waals surface area contributed by atoms with Gasteiger partial charge >= 0.3 is 6.18 Å². The minimum Gasteiger partial charge on any atom is -0.350 e. The maximum atomic E-state index is 13.2. The molecule has 1 rings (SSSR count). The van der Waals surface area contributed by atoms with Crippen molar-refractivity contribution in [1.82, 2.24) is 5.32 Å². The number of hydrogen-bond acceptors (Lipinski definition) is 2. The lowest BCUT2D eigenvalue weighted by atomic mass is 10.0. The van der Waals surface area contributed by atoms with Crippen molar-refractivity contribution in [3.8, 4) is 0 Å². The third-order valence-electron chi connectivity index (χ3n) is 2.75. The van der Waals surface area contributed by atoms with E-state index in [0.717, 1.165) is 6.07 Å². The second-order valence-corrected chi connectivity index (χ2v) is 4.47. The van der Waals surface area contributed by atoms with E-state index in [-0.39, 0.29) is 6.54 Å². The van der Waals surface area contributed by atoms with Crippen LogP contribution >= 0.6 is 0 Å². The van der Waals surface area contributed by atoms with Gasteiger partial charge in [0.05, 0.1) is 0 Å². The lowest BCUT2D eigenvalue weighted by molar-refractivity contribution is -0.187. The minimum absolute atomic E-state index is 0.223. The van der Waals surface area contributed by atoms with Gasteiger partial charge < -0.3 is 11.1 Å². The van der Waals surface area contributed by atoms with E-state index < -0.39 is 23.4 Å². The first kappa shape index (κ1) is 15.4. The van der Waals surface area contributed by atoms with Crippen LogP contribution in [-0.4, -0.2) is 17.6 Å². The molecular formula is C12H14F4N2O. The highest BCUT2D eigenvalue weighted by atomic mass is 19.4. The molecule has 0 fully saturated rings. The summed E-state index contributed by atoms with van der Waals surface area (Å²) in [7, 11) is 0. The monoisotopic (exact) mass is 278 g/mol. The van der Waals surface area contributed by atoms with Crippen LogP contribution in [0.15, 0.2) is 18.2 Å². The Morgan fingerprint density at radius 1 is 1.37 bits per heavy atom. The standard InChI is InChI=1S/C12H14F4N2O/c1-7-3-4-8(5-9(7)13)6-18-10(19)11(2,17)12(14,15)16/h3-5H,6,17H2,1-2H3,(H,18,19). The summed E-state index contributed by atoms with van der Waals surface area (Å²) in [5.74, 6) is -1.85. The van der Waals surface area contributed by atoms with Crippen molar-refractivity contribution >= 4 is 5.91 Å². The molecule has 1 aromatic carbocycles. The maximum Gasteiger partial charge on any atom is 0.415 e. The van der Waals surface area contributed by atoms with E-state index in [9.17, 15) is 22.4 Å². The van der Waals surface area contributed by atoms with Crippen molar-refractivity contribution in [1.29, 1.82) is 0 Å². The fourth-order valence-electron chi connectivity index (χ4n) is 1.24. The van der Waals surface area contributed by atoms with Crippen molar-refractivity contribution in [2.24, 2.45) is 5.73 Å². The van der Waals surface area contributed by atoms with Crippen molar-refractivity contribution < 1.29 is 22.4 Å². The predicted octanol–water partition coefficient (Wildman–Crippen LogP) is 2.03. The summed E-state index contributed by atoms with van der Waals surface area (Å²) in [4.78, 5) is 11.4. The Kier molecular flexibility index (Phi) is 4.19. The first-order chi connectivity index (χ1) is 8.55. The van der Waals surface area contributed by atoms with Gasteiger partial charge in [-0.2, -0.15) is 13.2 Å². The third-order valence-corrected chi connectivity index (χ3v) is 2.75. The lowest BCUT2D eigenvalue weighted by Crippen LogP contribution is -2.61. The van der Waals surface area contributed by atoms with Crippen LogP contribution in [0.3, 0.4) is 0 Å². The summed E-state index contributed by atoms with van der Waals surface area (Å²) in [5.41, 5.74) is 2.74. The highest BCUT2D eigenvalue weighted by molar-refractivity contribution is 5.86. The fourth-order valence-corrected chi connectivity index (χ4v) is 1.24. The van der Waals surface area contributed by atoms with Crippen LogP contribution in [0.1, 0.15) is 18.1 Å². The number of halogens is 4. The Morgan fingerprint density at radius 3 is 2.42 bits per heavy atom. The van der Waals surface area contributed by atoms with Gasteiger partial charge in [0.1, 0.15) is 5.82 Å². The molecule has 0 aromatic heterocycles. The van der Waals surface area contributed by atoms with E-state index in [4.69, 9.17) is 5.73 Å². The molecule has 3 N–H and O–H groups in total. The number of hydrogen-bond donors (Lipinski definition) is 2. The lowest BCUT2D eigenvalue weighted by Gasteiger charge is -2.26. The van der Waals surface area contributed by atoms with E-state index in [2.05, 4.69) is 0 Å². The smallest absolute Gasteiger partial charge is 0.350 e. The van der Waals surface area contributed by atoms with E-state index in [1.807, 2.05) is 5.32 Å². The normalized spacial score (nSPS) is 14.9. The number of nitrogens with one attached hydrogen (secondary N) is 1. The molecule has 0 radical (unpaired) electrons. The topological polar surface area (TPSA) is 55.1 Å². The first-order valence-electron chi connectivity index (χ1n) is 5.44. The molecule has 1 amide bonds. The van der Waals surface area contributed by atoms with Gasteiger partial charge in [-0.25, -0.2) is 4.39 Å². The van der Waals surface area contributed by atoms with Gasteiger partial charge in [-0.15, -0.1) is 0 Å². The second kappa shape index (κ2) is 5.16. The number of carbonyl (C=O) groups is 1. The Hall–Kier alpha value is -1.63. The Bertz CT molecular complexity index is 483. The first-order valence-corrected chi connectivity index (χ1v) is 5.44. The molecule has 0 saturated carbocycles. The summed E-state index contributed by atoms with van der Waals surface area (Å²) < 4.78 is 50.7. The predicted molar refractivity (Wildman–Crippen MR) is 61.6 cm³/mol. The molecular weight excluding hydrogens is 264 g/mol. The number of aryl methyl sites for hydroxylation is 1. The average molecular weight is 278 g/mol.